The second-order valence-corrected chi connectivity index (χ2v) is 7.09. The zero-order valence-electron chi connectivity index (χ0n) is 17.1. The average Bonchev–Trinajstić information content (AvgIpc) is 3.13. The summed E-state index contributed by atoms with van der Waals surface area (Å²) >= 11 is 0. The van der Waals surface area contributed by atoms with E-state index in [0.717, 1.165) is 17.0 Å². The smallest absolute Gasteiger partial charge is 0.307 e. The van der Waals surface area contributed by atoms with Crippen molar-refractivity contribution in [2.24, 2.45) is 5.10 Å². The topological polar surface area (TPSA) is 71.4 Å². The molecule has 1 atom stereocenters. The predicted molar refractivity (Wildman–Crippen MR) is 111 cm³/mol. The van der Waals surface area contributed by atoms with E-state index in [1.165, 1.54) is 12.0 Å². The summed E-state index contributed by atoms with van der Waals surface area (Å²) in [5.74, 6) is 0.984. The van der Waals surface area contributed by atoms with Crippen LogP contribution in [0.25, 0.3) is 0 Å². The van der Waals surface area contributed by atoms with Gasteiger partial charge in [0.05, 0.1) is 25.3 Å². The Morgan fingerprint density at radius 3 is 2.45 bits per heavy atom. The first-order valence-electron chi connectivity index (χ1n) is 9.37. The van der Waals surface area contributed by atoms with Gasteiger partial charge in [-0.15, -0.1) is 0 Å². The number of nitrogens with zero attached hydrogens (tertiary/aromatic N) is 3. The molecule has 7 nitrogen and oxygen atoms in total. The Kier molecular flexibility index (Phi) is 6.16. The van der Waals surface area contributed by atoms with Gasteiger partial charge in [-0.1, -0.05) is 18.2 Å². The molecule has 1 aliphatic rings. The summed E-state index contributed by atoms with van der Waals surface area (Å²) in [6, 6.07) is 14.9. The number of anilines is 1. The molecule has 0 N–H and O–H groups in total. The molecule has 3 rings (SSSR count). The normalized spacial score (nSPS) is 15.7. The largest absolute Gasteiger partial charge is 0.469 e. The lowest BCUT2D eigenvalue weighted by atomic mass is 10.1. The standard InChI is InChI=1S/C22H25N3O4/c1-15-7-5-6-8-20(15)29-18-11-9-16(10-12-18)25-17(14-21(26)28-4)13-19(23-25)22(27)24(2)3/h5-12,17H,13-14H2,1-4H3. The fraction of sp³-hybridized carbons (Fsp3) is 0.318. The molecule has 0 saturated heterocycles. The Balaban J connectivity index is 1.82. The van der Waals surface area contributed by atoms with Crippen molar-refractivity contribution in [1.29, 1.82) is 0 Å². The molecular formula is C22H25N3O4. The SMILES string of the molecule is COC(=O)CC1CC(C(=O)N(C)C)=NN1c1ccc(Oc2ccccc2C)cc1. The van der Waals surface area contributed by atoms with Crippen LogP contribution < -0.4 is 9.75 Å². The maximum atomic E-state index is 12.3. The summed E-state index contributed by atoms with van der Waals surface area (Å²) in [6.07, 6.45) is 0.527. The van der Waals surface area contributed by atoms with E-state index < -0.39 is 0 Å². The molecule has 0 aromatic heterocycles. The van der Waals surface area contributed by atoms with E-state index in [2.05, 4.69) is 5.10 Å². The van der Waals surface area contributed by atoms with E-state index in [9.17, 15) is 9.59 Å². The molecule has 0 radical (unpaired) electrons. The third kappa shape index (κ3) is 4.74. The van der Waals surface area contributed by atoms with Gasteiger partial charge in [0.1, 0.15) is 17.2 Å². The van der Waals surface area contributed by atoms with Crippen molar-refractivity contribution >= 4 is 23.3 Å². The lowest BCUT2D eigenvalue weighted by molar-refractivity contribution is -0.141. The van der Waals surface area contributed by atoms with Gasteiger partial charge in [-0.3, -0.25) is 14.6 Å². The number of hydrazone groups is 1. The van der Waals surface area contributed by atoms with Crippen molar-refractivity contribution < 1.29 is 19.1 Å². The summed E-state index contributed by atoms with van der Waals surface area (Å²) in [7, 11) is 4.72. The first kappa shape index (κ1) is 20.4. The monoisotopic (exact) mass is 395 g/mol. The molecule has 0 saturated carbocycles. The van der Waals surface area contributed by atoms with E-state index >= 15 is 0 Å². The molecule has 1 aliphatic heterocycles. The van der Waals surface area contributed by atoms with Crippen molar-refractivity contribution in [3.63, 3.8) is 0 Å². The molecule has 1 unspecified atom stereocenters. The first-order valence-corrected chi connectivity index (χ1v) is 9.37. The number of hydrogen-bond acceptors (Lipinski definition) is 6. The third-order valence-corrected chi connectivity index (χ3v) is 4.71. The Morgan fingerprint density at radius 1 is 1.14 bits per heavy atom. The van der Waals surface area contributed by atoms with E-state index in [1.807, 2.05) is 55.5 Å². The van der Waals surface area contributed by atoms with Crippen LogP contribution in [0.15, 0.2) is 53.6 Å². The van der Waals surface area contributed by atoms with Crippen LogP contribution in [-0.2, 0) is 14.3 Å². The van der Waals surface area contributed by atoms with Crippen LogP contribution in [0.4, 0.5) is 5.69 Å². The van der Waals surface area contributed by atoms with Crippen molar-refractivity contribution in [3.05, 3.63) is 54.1 Å². The van der Waals surface area contributed by atoms with Gasteiger partial charge in [0.15, 0.2) is 0 Å². The molecule has 2 aromatic rings. The predicted octanol–water partition coefficient (Wildman–Crippen LogP) is 3.37. The van der Waals surface area contributed by atoms with Crippen LogP contribution in [0, 0.1) is 6.92 Å². The first-order chi connectivity index (χ1) is 13.9. The minimum atomic E-state index is -0.340. The second kappa shape index (κ2) is 8.77. The molecule has 152 valence electrons. The highest BCUT2D eigenvalue weighted by Crippen LogP contribution is 2.31. The summed E-state index contributed by atoms with van der Waals surface area (Å²) in [5, 5.41) is 6.20. The summed E-state index contributed by atoms with van der Waals surface area (Å²) in [4.78, 5) is 25.7. The number of para-hydroxylation sites is 1. The number of carbonyl (C=O) groups is 2. The van der Waals surface area contributed by atoms with Gasteiger partial charge in [0.25, 0.3) is 5.91 Å². The fourth-order valence-corrected chi connectivity index (χ4v) is 3.12. The molecule has 1 amide bonds. The minimum absolute atomic E-state index is 0.145. The Morgan fingerprint density at radius 2 is 1.83 bits per heavy atom. The lowest BCUT2D eigenvalue weighted by Gasteiger charge is -2.22. The van der Waals surface area contributed by atoms with Crippen LogP contribution in [0.5, 0.6) is 11.5 Å². The Bertz CT molecular complexity index is 922. The molecule has 7 heteroatoms. The zero-order chi connectivity index (χ0) is 21.0. The molecular weight excluding hydrogens is 370 g/mol. The van der Waals surface area contributed by atoms with Gasteiger partial charge < -0.3 is 14.4 Å². The van der Waals surface area contributed by atoms with Gasteiger partial charge in [0.2, 0.25) is 0 Å². The quantitative estimate of drug-likeness (QED) is 0.702. The van der Waals surface area contributed by atoms with Crippen LogP contribution in [-0.4, -0.2) is 49.7 Å². The highest BCUT2D eigenvalue weighted by Gasteiger charge is 2.33. The van der Waals surface area contributed by atoms with E-state index in [1.54, 1.807) is 19.1 Å². The molecule has 0 fully saturated rings. The van der Waals surface area contributed by atoms with Crippen LogP contribution in [0.2, 0.25) is 0 Å². The number of rotatable bonds is 6. The minimum Gasteiger partial charge on any atom is -0.469 e. The number of methoxy groups -OCH3 is 1. The van der Waals surface area contributed by atoms with Crippen LogP contribution in [0.1, 0.15) is 18.4 Å². The number of benzene rings is 2. The number of amides is 1. The average molecular weight is 395 g/mol. The molecule has 0 bridgehead atoms. The Hall–Kier alpha value is -3.35. The van der Waals surface area contributed by atoms with Crippen molar-refractivity contribution in [1.82, 2.24) is 4.90 Å². The summed E-state index contributed by atoms with van der Waals surface area (Å²) < 4.78 is 10.7. The van der Waals surface area contributed by atoms with E-state index in [4.69, 9.17) is 9.47 Å². The lowest BCUT2D eigenvalue weighted by Crippen LogP contribution is -2.31. The van der Waals surface area contributed by atoms with Gasteiger partial charge in [0, 0.05) is 20.5 Å². The Labute approximate surface area is 170 Å². The molecule has 0 aliphatic carbocycles. The maximum Gasteiger partial charge on any atom is 0.307 e. The number of ether oxygens (including phenoxy) is 2. The van der Waals surface area contributed by atoms with Gasteiger partial charge in [-0.25, -0.2) is 0 Å². The number of carbonyl (C=O) groups excluding carboxylic acids is 2. The highest BCUT2D eigenvalue weighted by molar-refractivity contribution is 6.39. The highest BCUT2D eigenvalue weighted by atomic mass is 16.5. The molecule has 2 aromatic carbocycles. The molecule has 1 heterocycles. The van der Waals surface area contributed by atoms with E-state index in [-0.39, 0.29) is 24.3 Å². The molecule has 29 heavy (non-hydrogen) atoms. The van der Waals surface area contributed by atoms with E-state index in [0.29, 0.717) is 17.9 Å². The third-order valence-electron chi connectivity index (χ3n) is 4.71. The van der Waals surface area contributed by atoms with Gasteiger partial charge in [-0.2, -0.15) is 5.10 Å². The van der Waals surface area contributed by atoms with Gasteiger partial charge in [-0.05, 0) is 42.8 Å². The van der Waals surface area contributed by atoms with Crippen molar-refractivity contribution in [2.45, 2.75) is 25.8 Å². The van der Waals surface area contributed by atoms with Crippen LogP contribution in [0.3, 0.4) is 0 Å². The fourth-order valence-electron chi connectivity index (χ4n) is 3.12. The van der Waals surface area contributed by atoms with Crippen LogP contribution >= 0.6 is 0 Å². The second-order valence-electron chi connectivity index (χ2n) is 7.09. The number of esters is 1. The summed E-state index contributed by atoms with van der Waals surface area (Å²) in [6.45, 7) is 1.99. The number of hydrogen-bond donors (Lipinski definition) is 0. The van der Waals surface area contributed by atoms with Gasteiger partial charge >= 0.3 is 5.97 Å². The zero-order valence-corrected chi connectivity index (χ0v) is 17.1. The summed E-state index contributed by atoms with van der Waals surface area (Å²) in [5.41, 5.74) is 2.24. The van der Waals surface area contributed by atoms with Crippen molar-refractivity contribution in [2.75, 3.05) is 26.2 Å². The number of aryl methyl sites for hydroxylation is 1. The maximum absolute atomic E-state index is 12.3. The molecule has 0 spiro atoms. The van der Waals surface area contributed by atoms with Crippen molar-refractivity contribution in [3.8, 4) is 11.5 Å².